The van der Waals surface area contributed by atoms with E-state index in [4.69, 9.17) is 22.1 Å². The van der Waals surface area contributed by atoms with Crippen molar-refractivity contribution in [3.63, 3.8) is 0 Å². The number of ether oxygens (including phenoxy) is 1. The van der Waals surface area contributed by atoms with E-state index < -0.39 is 0 Å². The molecule has 0 aromatic heterocycles. The third-order valence-corrected chi connectivity index (χ3v) is 4.05. The molecule has 1 atom stereocenters. The van der Waals surface area contributed by atoms with Crippen molar-refractivity contribution in [3.8, 4) is 5.75 Å². The van der Waals surface area contributed by atoms with Crippen LogP contribution < -0.4 is 10.5 Å². The molecule has 2 nitrogen and oxygen atoms in total. The van der Waals surface area contributed by atoms with Gasteiger partial charge in [0.25, 0.3) is 0 Å². The molecule has 2 aromatic carbocycles. The quantitative estimate of drug-likeness (QED) is 0.925. The molecule has 0 fully saturated rings. The van der Waals surface area contributed by atoms with Gasteiger partial charge < -0.3 is 10.5 Å². The minimum absolute atomic E-state index is 0.0526. The second kappa shape index (κ2) is 5.86. The average Bonchev–Trinajstić information content (AvgIpc) is 2.93. The Morgan fingerprint density at radius 1 is 1.15 bits per heavy atom. The van der Waals surface area contributed by atoms with Crippen LogP contribution in [0.4, 0.5) is 0 Å². The molecule has 104 valence electrons. The zero-order chi connectivity index (χ0) is 13.9. The first kappa shape index (κ1) is 13.5. The van der Waals surface area contributed by atoms with Crippen LogP contribution in [0.5, 0.6) is 5.75 Å². The molecular formula is C17H18ClNO. The van der Waals surface area contributed by atoms with E-state index in [-0.39, 0.29) is 6.04 Å². The molecule has 20 heavy (non-hydrogen) atoms. The highest BCUT2D eigenvalue weighted by Crippen LogP contribution is 2.27. The highest BCUT2D eigenvalue weighted by atomic mass is 35.5. The summed E-state index contributed by atoms with van der Waals surface area (Å²) < 4.78 is 5.52. The molecule has 1 aliphatic heterocycles. The van der Waals surface area contributed by atoms with Gasteiger partial charge in [-0.3, -0.25) is 0 Å². The van der Waals surface area contributed by atoms with Crippen molar-refractivity contribution in [1.82, 2.24) is 0 Å². The van der Waals surface area contributed by atoms with Crippen LogP contribution in [-0.2, 0) is 12.8 Å². The number of rotatable bonds is 4. The third kappa shape index (κ3) is 2.97. The topological polar surface area (TPSA) is 35.2 Å². The number of hydrogen-bond donors (Lipinski definition) is 1. The summed E-state index contributed by atoms with van der Waals surface area (Å²) in [4.78, 5) is 0. The molecule has 1 aliphatic rings. The molecule has 2 aromatic rings. The van der Waals surface area contributed by atoms with Crippen LogP contribution in [0, 0.1) is 0 Å². The van der Waals surface area contributed by atoms with Gasteiger partial charge in [0, 0.05) is 17.5 Å². The number of hydrogen-bond acceptors (Lipinski definition) is 2. The van der Waals surface area contributed by atoms with E-state index in [9.17, 15) is 0 Å². The van der Waals surface area contributed by atoms with E-state index in [1.54, 1.807) is 0 Å². The van der Waals surface area contributed by atoms with Gasteiger partial charge in [-0.15, -0.1) is 0 Å². The van der Waals surface area contributed by atoms with Gasteiger partial charge in [0.1, 0.15) is 5.75 Å². The molecule has 0 saturated heterocycles. The summed E-state index contributed by atoms with van der Waals surface area (Å²) >= 11 is 5.89. The van der Waals surface area contributed by atoms with Crippen molar-refractivity contribution in [2.75, 3.05) is 6.61 Å². The number of halogens is 1. The van der Waals surface area contributed by atoms with Gasteiger partial charge >= 0.3 is 0 Å². The maximum atomic E-state index is 6.24. The Bertz CT molecular complexity index is 594. The molecule has 0 bridgehead atoms. The predicted molar refractivity (Wildman–Crippen MR) is 82.3 cm³/mol. The molecular weight excluding hydrogens is 270 g/mol. The molecule has 3 rings (SSSR count). The van der Waals surface area contributed by atoms with Crippen LogP contribution in [0.2, 0.25) is 5.02 Å². The van der Waals surface area contributed by atoms with Crippen LogP contribution in [0.25, 0.3) is 0 Å². The Hall–Kier alpha value is -1.51. The van der Waals surface area contributed by atoms with Gasteiger partial charge in [-0.25, -0.2) is 0 Å². The molecule has 0 saturated carbocycles. The lowest BCUT2D eigenvalue weighted by Crippen LogP contribution is -2.11. The van der Waals surface area contributed by atoms with E-state index in [1.165, 1.54) is 11.1 Å². The first-order valence-electron chi connectivity index (χ1n) is 6.98. The maximum Gasteiger partial charge on any atom is 0.122 e. The van der Waals surface area contributed by atoms with Gasteiger partial charge in [0.2, 0.25) is 0 Å². The maximum absolute atomic E-state index is 6.24. The van der Waals surface area contributed by atoms with Crippen molar-refractivity contribution in [1.29, 1.82) is 0 Å². The monoisotopic (exact) mass is 287 g/mol. The Balaban J connectivity index is 1.63. The van der Waals surface area contributed by atoms with Crippen molar-refractivity contribution >= 4 is 11.6 Å². The standard InChI is InChI=1S/C17H18ClNO/c18-15-5-3-13(4-6-15)16(19)7-1-12-2-8-17-14(11-12)9-10-20-17/h2-6,8,11,16H,1,7,9-10,19H2. The highest BCUT2D eigenvalue weighted by molar-refractivity contribution is 6.30. The van der Waals surface area contributed by atoms with Gasteiger partial charge in [0.05, 0.1) is 6.61 Å². The van der Waals surface area contributed by atoms with Gasteiger partial charge in [-0.05, 0) is 47.7 Å². The summed E-state index contributed by atoms with van der Waals surface area (Å²) in [5, 5.41) is 0.750. The summed E-state index contributed by atoms with van der Waals surface area (Å²) in [5.74, 6) is 1.04. The van der Waals surface area contributed by atoms with Crippen LogP contribution in [0.1, 0.15) is 29.2 Å². The largest absolute Gasteiger partial charge is 0.493 e. The van der Waals surface area contributed by atoms with E-state index in [0.717, 1.165) is 42.2 Å². The minimum atomic E-state index is 0.0526. The SMILES string of the molecule is NC(CCc1ccc2c(c1)CCO2)c1ccc(Cl)cc1. The third-order valence-electron chi connectivity index (χ3n) is 3.80. The summed E-state index contributed by atoms with van der Waals surface area (Å²) in [5.41, 5.74) is 10.0. The normalized spacial score (nSPS) is 14.7. The smallest absolute Gasteiger partial charge is 0.122 e. The number of fused-ring (bicyclic) bond motifs is 1. The lowest BCUT2D eigenvalue weighted by atomic mass is 9.98. The van der Waals surface area contributed by atoms with Crippen LogP contribution in [0.3, 0.4) is 0 Å². The Labute approximate surface area is 124 Å². The fourth-order valence-electron chi connectivity index (χ4n) is 2.59. The molecule has 1 unspecified atom stereocenters. The van der Waals surface area contributed by atoms with Crippen molar-refractivity contribution < 1.29 is 4.74 Å². The van der Waals surface area contributed by atoms with E-state index in [0.29, 0.717) is 0 Å². The number of benzene rings is 2. The van der Waals surface area contributed by atoms with Crippen LogP contribution >= 0.6 is 11.6 Å². The highest BCUT2D eigenvalue weighted by Gasteiger charge is 2.12. The van der Waals surface area contributed by atoms with Gasteiger partial charge in [-0.1, -0.05) is 35.9 Å². The average molecular weight is 288 g/mol. The first-order chi connectivity index (χ1) is 9.72. The summed E-state index contributed by atoms with van der Waals surface area (Å²) in [6.07, 6.45) is 2.94. The Morgan fingerprint density at radius 2 is 1.95 bits per heavy atom. The first-order valence-corrected chi connectivity index (χ1v) is 7.36. The molecule has 0 spiro atoms. The molecule has 3 heteroatoms. The molecule has 0 aliphatic carbocycles. The minimum Gasteiger partial charge on any atom is -0.493 e. The van der Waals surface area contributed by atoms with Gasteiger partial charge in [-0.2, -0.15) is 0 Å². The second-order valence-corrected chi connectivity index (χ2v) is 5.67. The van der Waals surface area contributed by atoms with Gasteiger partial charge in [0.15, 0.2) is 0 Å². The summed E-state index contributed by atoms with van der Waals surface area (Å²) in [6, 6.07) is 14.3. The lowest BCUT2D eigenvalue weighted by Gasteiger charge is -2.12. The van der Waals surface area contributed by atoms with Crippen LogP contribution in [0.15, 0.2) is 42.5 Å². The fourth-order valence-corrected chi connectivity index (χ4v) is 2.72. The summed E-state index contributed by atoms with van der Waals surface area (Å²) in [6.45, 7) is 0.809. The molecule has 0 amide bonds. The Kier molecular flexibility index (Phi) is 3.95. The van der Waals surface area contributed by atoms with E-state index >= 15 is 0 Å². The van der Waals surface area contributed by atoms with Crippen molar-refractivity contribution in [2.45, 2.75) is 25.3 Å². The zero-order valence-electron chi connectivity index (χ0n) is 11.3. The number of aryl methyl sites for hydroxylation is 1. The molecule has 2 N–H and O–H groups in total. The number of nitrogens with two attached hydrogens (primary N) is 1. The lowest BCUT2D eigenvalue weighted by molar-refractivity contribution is 0.357. The second-order valence-electron chi connectivity index (χ2n) is 5.24. The van der Waals surface area contributed by atoms with Crippen molar-refractivity contribution in [3.05, 3.63) is 64.2 Å². The van der Waals surface area contributed by atoms with Crippen molar-refractivity contribution in [2.24, 2.45) is 5.73 Å². The van der Waals surface area contributed by atoms with E-state index in [1.807, 2.05) is 24.3 Å². The molecule has 1 heterocycles. The van der Waals surface area contributed by atoms with E-state index in [2.05, 4.69) is 18.2 Å². The zero-order valence-corrected chi connectivity index (χ0v) is 12.1. The summed E-state index contributed by atoms with van der Waals surface area (Å²) in [7, 11) is 0. The molecule has 0 radical (unpaired) electrons. The predicted octanol–water partition coefficient (Wildman–Crippen LogP) is 3.91. The Morgan fingerprint density at radius 3 is 2.75 bits per heavy atom. The van der Waals surface area contributed by atoms with Crippen LogP contribution in [-0.4, -0.2) is 6.61 Å². The fraction of sp³-hybridized carbons (Fsp3) is 0.294.